The van der Waals surface area contributed by atoms with Gasteiger partial charge in [-0.2, -0.15) is 0 Å². The lowest BCUT2D eigenvalue weighted by atomic mass is 9.97. The van der Waals surface area contributed by atoms with Gasteiger partial charge in [0.1, 0.15) is 0 Å². The molecule has 2 unspecified atom stereocenters. The van der Waals surface area contributed by atoms with E-state index in [2.05, 4.69) is 24.1 Å². The highest BCUT2D eigenvalue weighted by molar-refractivity contribution is 7.09. The second-order valence-corrected chi connectivity index (χ2v) is 4.95. The summed E-state index contributed by atoms with van der Waals surface area (Å²) in [5, 5.41) is 6.49. The molecular weight excluding hydrogens is 208 g/mol. The molecule has 86 valence electrons. The molecule has 0 aliphatic carbocycles. The number of rotatable bonds is 6. The molecule has 4 heteroatoms. The highest BCUT2D eigenvalue weighted by Gasteiger charge is 2.23. The van der Waals surface area contributed by atoms with Crippen LogP contribution in [0, 0.1) is 5.92 Å². The van der Waals surface area contributed by atoms with Gasteiger partial charge in [-0.05, 0) is 13.0 Å². The molecule has 2 atom stereocenters. The van der Waals surface area contributed by atoms with Gasteiger partial charge in [-0.15, -0.1) is 11.3 Å². The van der Waals surface area contributed by atoms with E-state index >= 15 is 0 Å². The first-order valence-electron chi connectivity index (χ1n) is 5.27. The summed E-state index contributed by atoms with van der Waals surface area (Å²) in [6.45, 7) is 4.36. The molecule has 0 spiro atoms. The van der Waals surface area contributed by atoms with Gasteiger partial charge in [0.05, 0.1) is 11.1 Å². The van der Waals surface area contributed by atoms with Crippen LogP contribution in [0.15, 0.2) is 11.6 Å². The molecule has 0 aromatic carbocycles. The van der Waals surface area contributed by atoms with Crippen LogP contribution in [0.3, 0.4) is 0 Å². The molecule has 0 radical (unpaired) electrons. The molecule has 1 aromatic heterocycles. The summed E-state index contributed by atoms with van der Waals surface area (Å²) in [6.07, 6.45) is 3.02. The van der Waals surface area contributed by atoms with Crippen LogP contribution in [0.2, 0.25) is 0 Å². The molecule has 0 saturated carbocycles. The molecular formula is C11H20N2OS. The fraction of sp³-hybridized carbons (Fsp3) is 0.727. The van der Waals surface area contributed by atoms with E-state index in [9.17, 15) is 0 Å². The Balaban J connectivity index is 2.61. The minimum Gasteiger partial charge on any atom is -0.380 e. The maximum atomic E-state index is 5.53. The number of nitrogens with one attached hydrogen (secondary N) is 1. The summed E-state index contributed by atoms with van der Waals surface area (Å²) < 4.78 is 5.53. The summed E-state index contributed by atoms with van der Waals surface area (Å²) >= 11 is 1.70. The molecule has 0 aliphatic heterocycles. The van der Waals surface area contributed by atoms with E-state index in [-0.39, 0.29) is 6.10 Å². The lowest BCUT2D eigenvalue weighted by molar-refractivity contribution is 0.0354. The van der Waals surface area contributed by atoms with Crippen molar-refractivity contribution in [2.45, 2.75) is 32.4 Å². The second kappa shape index (κ2) is 6.20. The molecule has 0 aliphatic rings. The van der Waals surface area contributed by atoms with Crippen molar-refractivity contribution < 1.29 is 4.74 Å². The van der Waals surface area contributed by atoms with Crippen LogP contribution in [-0.2, 0) is 11.2 Å². The first-order chi connectivity index (χ1) is 7.19. The second-order valence-electron chi connectivity index (χ2n) is 3.97. The fourth-order valence-corrected chi connectivity index (χ4v) is 2.50. The Morgan fingerprint density at radius 3 is 2.67 bits per heavy atom. The molecule has 0 amide bonds. The Labute approximate surface area is 95.9 Å². The van der Waals surface area contributed by atoms with Gasteiger partial charge in [-0.3, -0.25) is 0 Å². The Morgan fingerprint density at radius 2 is 2.27 bits per heavy atom. The normalized spacial score (nSPS) is 15.5. The molecule has 1 N–H and O–H groups in total. The fourth-order valence-electron chi connectivity index (χ4n) is 1.83. The number of aromatic nitrogens is 1. The quantitative estimate of drug-likeness (QED) is 0.808. The average Bonchev–Trinajstić information content (AvgIpc) is 2.69. The third-order valence-corrected chi connectivity index (χ3v) is 3.38. The van der Waals surface area contributed by atoms with Crippen molar-refractivity contribution >= 4 is 11.3 Å². The van der Waals surface area contributed by atoms with Crippen molar-refractivity contribution in [2.75, 3.05) is 14.2 Å². The molecule has 1 rings (SSSR count). The van der Waals surface area contributed by atoms with Gasteiger partial charge < -0.3 is 10.1 Å². The molecule has 3 nitrogen and oxygen atoms in total. The predicted molar refractivity (Wildman–Crippen MR) is 64.3 cm³/mol. The first-order valence-corrected chi connectivity index (χ1v) is 6.15. The molecule has 1 aromatic rings. The van der Waals surface area contributed by atoms with Crippen molar-refractivity contribution in [2.24, 2.45) is 5.92 Å². The average molecular weight is 228 g/mol. The lowest BCUT2D eigenvalue weighted by Gasteiger charge is -2.28. The predicted octanol–water partition coefficient (Wildman–Crippen LogP) is 1.94. The summed E-state index contributed by atoms with van der Waals surface area (Å²) in [5.41, 5.74) is 0. The van der Waals surface area contributed by atoms with Gasteiger partial charge in [0, 0.05) is 31.1 Å². The molecule has 0 fully saturated rings. The van der Waals surface area contributed by atoms with Gasteiger partial charge in [0.2, 0.25) is 0 Å². The zero-order chi connectivity index (χ0) is 11.3. The van der Waals surface area contributed by atoms with Crippen molar-refractivity contribution in [1.82, 2.24) is 10.3 Å². The van der Waals surface area contributed by atoms with E-state index in [0.29, 0.717) is 12.0 Å². The van der Waals surface area contributed by atoms with Crippen LogP contribution < -0.4 is 5.32 Å². The first kappa shape index (κ1) is 12.6. The van der Waals surface area contributed by atoms with Gasteiger partial charge in [0.25, 0.3) is 0 Å². The van der Waals surface area contributed by atoms with Crippen LogP contribution in [0.25, 0.3) is 0 Å². The van der Waals surface area contributed by atoms with Crippen molar-refractivity contribution in [1.29, 1.82) is 0 Å². The standard InChI is InChI=1S/C11H20N2OS/c1-8(2)11(14-4)9(12-3)7-10-13-5-6-15-10/h5-6,8-9,11-12H,7H2,1-4H3. The van der Waals surface area contributed by atoms with Crippen LogP contribution in [0.4, 0.5) is 0 Å². The largest absolute Gasteiger partial charge is 0.380 e. The number of ether oxygens (including phenoxy) is 1. The van der Waals surface area contributed by atoms with Crippen LogP contribution in [0.1, 0.15) is 18.9 Å². The van der Waals surface area contributed by atoms with Crippen LogP contribution in [0.5, 0.6) is 0 Å². The van der Waals surface area contributed by atoms with Gasteiger partial charge >= 0.3 is 0 Å². The Morgan fingerprint density at radius 1 is 1.53 bits per heavy atom. The van der Waals surface area contributed by atoms with E-state index in [1.54, 1.807) is 18.4 Å². The summed E-state index contributed by atoms with van der Waals surface area (Å²) in [6, 6.07) is 0.334. The number of hydrogen-bond acceptors (Lipinski definition) is 4. The molecule has 15 heavy (non-hydrogen) atoms. The van der Waals surface area contributed by atoms with Crippen molar-refractivity contribution in [3.05, 3.63) is 16.6 Å². The third kappa shape index (κ3) is 3.55. The van der Waals surface area contributed by atoms with Gasteiger partial charge in [0.15, 0.2) is 0 Å². The molecule has 0 bridgehead atoms. The van der Waals surface area contributed by atoms with E-state index in [4.69, 9.17) is 4.74 Å². The van der Waals surface area contributed by atoms with Crippen molar-refractivity contribution in [3.63, 3.8) is 0 Å². The maximum absolute atomic E-state index is 5.53. The molecule has 0 saturated heterocycles. The van der Waals surface area contributed by atoms with Gasteiger partial charge in [-0.1, -0.05) is 13.8 Å². The third-order valence-electron chi connectivity index (χ3n) is 2.57. The highest BCUT2D eigenvalue weighted by Crippen LogP contribution is 2.15. The number of thiazole rings is 1. The summed E-state index contributed by atoms with van der Waals surface area (Å²) in [4.78, 5) is 4.30. The van der Waals surface area contributed by atoms with Crippen LogP contribution in [-0.4, -0.2) is 31.3 Å². The Hall–Kier alpha value is -0.450. The highest BCUT2D eigenvalue weighted by atomic mass is 32.1. The Kier molecular flexibility index (Phi) is 5.22. The summed E-state index contributed by atoms with van der Waals surface area (Å²) in [5.74, 6) is 0.507. The lowest BCUT2D eigenvalue weighted by Crippen LogP contribution is -2.43. The maximum Gasteiger partial charge on any atom is 0.0941 e. The van der Waals surface area contributed by atoms with Gasteiger partial charge in [-0.25, -0.2) is 4.98 Å². The van der Waals surface area contributed by atoms with Crippen molar-refractivity contribution in [3.8, 4) is 0 Å². The van der Waals surface area contributed by atoms with E-state index in [0.717, 1.165) is 11.4 Å². The number of hydrogen-bond donors (Lipinski definition) is 1. The molecule has 1 heterocycles. The van der Waals surface area contributed by atoms with E-state index < -0.39 is 0 Å². The minimum absolute atomic E-state index is 0.235. The van der Waals surface area contributed by atoms with E-state index in [1.165, 1.54) is 0 Å². The number of likely N-dealkylation sites (N-methyl/N-ethyl adjacent to an activating group) is 1. The summed E-state index contributed by atoms with van der Waals surface area (Å²) in [7, 11) is 3.75. The SMILES string of the molecule is CNC(Cc1nccs1)C(OC)C(C)C. The zero-order valence-corrected chi connectivity index (χ0v) is 10.7. The zero-order valence-electron chi connectivity index (χ0n) is 9.86. The Bertz CT molecular complexity index is 262. The topological polar surface area (TPSA) is 34.2 Å². The number of nitrogens with zero attached hydrogens (tertiary/aromatic N) is 1. The smallest absolute Gasteiger partial charge is 0.0941 e. The van der Waals surface area contributed by atoms with Crippen LogP contribution >= 0.6 is 11.3 Å². The number of methoxy groups -OCH3 is 1. The minimum atomic E-state index is 0.235. The monoisotopic (exact) mass is 228 g/mol. The van der Waals surface area contributed by atoms with E-state index in [1.807, 2.05) is 18.6 Å².